The second kappa shape index (κ2) is 3.54. The lowest BCUT2D eigenvalue weighted by molar-refractivity contribution is 0.266. The van der Waals surface area contributed by atoms with Crippen LogP contribution < -0.4 is 5.32 Å². The molecule has 1 unspecified atom stereocenters. The molecule has 0 radical (unpaired) electrons. The molecule has 1 aliphatic heterocycles. The van der Waals surface area contributed by atoms with E-state index in [2.05, 4.69) is 5.32 Å². The fraction of sp³-hybridized carbons (Fsp3) is 0.0769. The third-order valence-corrected chi connectivity index (χ3v) is 2.74. The number of para-hydroxylation sites is 1. The third kappa shape index (κ3) is 1.42. The summed E-state index contributed by atoms with van der Waals surface area (Å²) in [5, 5.41) is 13.0. The number of benzene rings is 1. The van der Waals surface area contributed by atoms with Crippen molar-refractivity contribution in [3.63, 3.8) is 0 Å². The van der Waals surface area contributed by atoms with E-state index >= 15 is 0 Å². The zero-order valence-electron chi connectivity index (χ0n) is 8.67. The number of nitrogens with zero attached hydrogens (tertiary/aromatic N) is 1. The van der Waals surface area contributed by atoms with Crippen molar-refractivity contribution in [3.05, 3.63) is 54.4 Å². The van der Waals surface area contributed by atoms with Gasteiger partial charge in [0.2, 0.25) is 0 Å². The molecule has 0 saturated heterocycles. The van der Waals surface area contributed by atoms with Crippen molar-refractivity contribution in [1.29, 1.82) is 0 Å². The summed E-state index contributed by atoms with van der Waals surface area (Å²) >= 11 is 0. The summed E-state index contributed by atoms with van der Waals surface area (Å²) in [5.74, 6) is 0. The smallest absolute Gasteiger partial charge is 0.152 e. The summed E-state index contributed by atoms with van der Waals surface area (Å²) in [5.41, 5.74) is 2.93. The number of nitrogens with one attached hydrogen (secondary N) is 1. The van der Waals surface area contributed by atoms with Crippen LogP contribution in [0.3, 0.4) is 0 Å². The molecule has 0 fully saturated rings. The van der Waals surface area contributed by atoms with Crippen molar-refractivity contribution in [1.82, 2.24) is 4.57 Å². The first-order chi connectivity index (χ1) is 7.84. The summed E-state index contributed by atoms with van der Waals surface area (Å²) in [6, 6.07) is 11.8. The van der Waals surface area contributed by atoms with Gasteiger partial charge in [-0.2, -0.15) is 0 Å². The van der Waals surface area contributed by atoms with Gasteiger partial charge in [-0.05, 0) is 18.2 Å². The zero-order chi connectivity index (χ0) is 11.0. The molecule has 2 heterocycles. The average molecular weight is 212 g/mol. The first-order valence-corrected chi connectivity index (χ1v) is 5.23. The summed E-state index contributed by atoms with van der Waals surface area (Å²) in [7, 11) is 0. The highest BCUT2D eigenvalue weighted by atomic mass is 16.3. The van der Waals surface area contributed by atoms with Crippen LogP contribution in [0.2, 0.25) is 0 Å². The number of hydrogen-bond acceptors (Lipinski definition) is 2. The van der Waals surface area contributed by atoms with Gasteiger partial charge >= 0.3 is 0 Å². The van der Waals surface area contributed by atoms with Crippen LogP contribution in [-0.4, -0.2) is 15.9 Å². The fourth-order valence-electron chi connectivity index (χ4n) is 1.97. The highest BCUT2D eigenvalue weighted by molar-refractivity contribution is 5.90. The number of aromatic nitrogens is 1. The van der Waals surface area contributed by atoms with E-state index in [0.717, 1.165) is 16.8 Å². The molecule has 80 valence electrons. The van der Waals surface area contributed by atoms with E-state index in [1.54, 1.807) is 0 Å². The van der Waals surface area contributed by atoms with Crippen LogP contribution in [0.1, 0.15) is 5.56 Å². The molecule has 0 saturated carbocycles. The predicted molar refractivity (Wildman–Crippen MR) is 64.7 cm³/mol. The van der Waals surface area contributed by atoms with E-state index < -0.39 is 6.23 Å². The Morgan fingerprint density at radius 2 is 1.88 bits per heavy atom. The fourth-order valence-corrected chi connectivity index (χ4v) is 1.97. The molecule has 1 aromatic heterocycles. The summed E-state index contributed by atoms with van der Waals surface area (Å²) < 4.78 is 1.93. The van der Waals surface area contributed by atoms with Crippen molar-refractivity contribution in [2.24, 2.45) is 0 Å². The lowest BCUT2D eigenvalue weighted by Crippen LogP contribution is -2.12. The molecule has 0 amide bonds. The van der Waals surface area contributed by atoms with Crippen LogP contribution in [-0.2, 0) is 0 Å². The Kier molecular flexibility index (Phi) is 2.04. The zero-order valence-corrected chi connectivity index (χ0v) is 8.67. The number of aliphatic hydroxyl groups excluding tert-OH is 1. The summed E-state index contributed by atoms with van der Waals surface area (Å²) in [6.45, 7) is 0. The van der Waals surface area contributed by atoms with Gasteiger partial charge in [-0.1, -0.05) is 18.2 Å². The molecule has 16 heavy (non-hydrogen) atoms. The molecule has 3 rings (SSSR count). The van der Waals surface area contributed by atoms with Gasteiger partial charge in [-0.3, -0.25) is 0 Å². The molecular formula is C13H12N2O. The number of hydrogen-bond donors (Lipinski definition) is 2. The van der Waals surface area contributed by atoms with Crippen LogP contribution in [0.4, 0.5) is 5.69 Å². The minimum Gasteiger partial charge on any atom is -0.369 e. The predicted octanol–water partition coefficient (Wildman–Crippen LogP) is 2.23. The molecule has 3 heteroatoms. The maximum absolute atomic E-state index is 9.92. The monoisotopic (exact) mass is 212 g/mol. The SMILES string of the molecule is OC1Nc2ccccc2C1=Cn1cccc1. The molecule has 1 aromatic carbocycles. The molecule has 3 nitrogen and oxygen atoms in total. The Morgan fingerprint density at radius 1 is 1.12 bits per heavy atom. The first-order valence-electron chi connectivity index (χ1n) is 5.23. The number of anilines is 1. The van der Waals surface area contributed by atoms with Crippen molar-refractivity contribution in [2.45, 2.75) is 6.23 Å². The van der Waals surface area contributed by atoms with E-state index in [-0.39, 0.29) is 0 Å². The minimum absolute atomic E-state index is 0.625. The molecule has 2 N–H and O–H groups in total. The Hall–Kier alpha value is -2.00. The van der Waals surface area contributed by atoms with Crippen LogP contribution >= 0.6 is 0 Å². The van der Waals surface area contributed by atoms with Gasteiger partial charge < -0.3 is 15.0 Å². The van der Waals surface area contributed by atoms with Gasteiger partial charge in [0.15, 0.2) is 6.23 Å². The quantitative estimate of drug-likeness (QED) is 0.760. The molecule has 1 atom stereocenters. The van der Waals surface area contributed by atoms with E-state index in [9.17, 15) is 5.11 Å². The van der Waals surface area contributed by atoms with E-state index in [1.165, 1.54) is 0 Å². The standard InChI is InChI=1S/C13H12N2O/c16-13-11(9-15-7-3-4-8-15)10-5-1-2-6-12(10)14-13/h1-9,13-14,16H. The largest absolute Gasteiger partial charge is 0.369 e. The van der Waals surface area contributed by atoms with Gasteiger partial charge in [0.05, 0.1) is 0 Å². The molecule has 2 aromatic rings. The van der Waals surface area contributed by atoms with Crippen molar-refractivity contribution in [2.75, 3.05) is 5.32 Å². The van der Waals surface area contributed by atoms with Crippen LogP contribution in [0.5, 0.6) is 0 Å². The third-order valence-electron chi connectivity index (χ3n) is 2.74. The molecule has 1 aliphatic rings. The average Bonchev–Trinajstić information content (AvgIpc) is 2.89. The normalized spacial score (nSPS) is 20.8. The topological polar surface area (TPSA) is 37.2 Å². The van der Waals surface area contributed by atoms with E-state index in [1.807, 2.05) is 59.6 Å². The minimum atomic E-state index is -0.625. The lowest BCUT2D eigenvalue weighted by Gasteiger charge is -2.05. The number of aliphatic hydroxyl groups is 1. The Balaban J connectivity index is 2.08. The van der Waals surface area contributed by atoms with Gasteiger partial charge in [0.25, 0.3) is 0 Å². The van der Waals surface area contributed by atoms with E-state index in [0.29, 0.717) is 0 Å². The summed E-state index contributed by atoms with van der Waals surface area (Å²) in [4.78, 5) is 0. The van der Waals surface area contributed by atoms with Crippen molar-refractivity contribution in [3.8, 4) is 0 Å². The maximum Gasteiger partial charge on any atom is 0.152 e. The number of fused-ring (bicyclic) bond motifs is 1. The van der Waals surface area contributed by atoms with Crippen molar-refractivity contribution < 1.29 is 5.11 Å². The highest BCUT2D eigenvalue weighted by Crippen LogP contribution is 2.34. The highest BCUT2D eigenvalue weighted by Gasteiger charge is 2.23. The Bertz CT molecular complexity index is 529. The van der Waals surface area contributed by atoms with Gasteiger partial charge in [-0.25, -0.2) is 0 Å². The lowest BCUT2D eigenvalue weighted by atomic mass is 10.1. The van der Waals surface area contributed by atoms with Gasteiger partial charge in [0.1, 0.15) is 0 Å². The van der Waals surface area contributed by atoms with Crippen LogP contribution in [0, 0.1) is 0 Å². The van der Waals surface area contributed by atoms with Crippen LogP contribution in [0.15, 0.2) is 48.8 Å². The van der Waals surface area contributed by atoms with Crippen molar-refractivity contribution >= 4 is 17.5 Å². The molecule has 0 spiro atoms. The second-order valence-corrected chi connectivity index (χ2v) is 3.81. The Morgan fingerprint density at radius 3 is 2.69 bits per heavy atom. The number of rotatable bonds is 1. The van der Waals surface area contributed by atoms with E-state index in [4.69, 9.17) is 0 Å². The van der Waals surface area contributed by atoms with Gasteiger partial charge in [0, 0.05) is 35.4 Å². The Labute approximate surface area is 93.7 Å². The molecule has 0 aliphatic carbocycles. The van der Waals surface area contributed by atoms with Gasteiger partial charge in [-0.15, -0.1) is 0 Å². The maximum atomic E-state index is 9.92. The first kappa shape index (κ1) is 9.24. The molecule has 0 bridgehead atoms. The van der Waals surface area contributed by atoms with Crippen LogP contribution in [0.25, 0.3) is 11.8 Å². The second-order valence-electron chi connectivity index (χ2n) is 3.81. The summed E-state index contributed by atoms with van der Waals surface area (Å²) in [6.07, 6.45) is 5.20. The molecular weight excluding hydrogens is 200 g/mol.